The van der Waals surface area contributed by atoms with Crippen LogP contribution in [0.1, 0.15) is 12.5 Å². The highest BCUT2D eigenvalue weighted by molar-refractivity contribution is 8.00. The predicted octanol–water partition coefficient (Wildman–Crippen LogP) is 4.11. The Hall–Kier alpha value is -3.19. The molecule has 0 fully saturated rings. The van der Waals surface area contributed by atoms with Crippen LogP contribution in [0.15, 0.2) is 72.1 Å². The molecule has 0 saturated carbocycles. The van der Waals surface area contributed by atoms with Crippen LogP contribution in [-0.2, 0) is 11.2 Å². The van der Waals surface area contributed by atoms with E-state index < -0.39 is 0 Å². The number of aromatic nitrogens is 4. The van der Waals surface area contributed by atoms with Crippen molar-refractivity contribution in [1.82, 2.24) is 19.7 Å². The number of hydrogen-bond acceptors (Lipinski definition) is 5. The summed E-state index contributed by atoms with van der Waals surface area (Å²) in [6.07, 6.45) is 4.19. The first kappa shape index (κ1) is 18.2. The number of anilines is 1. The van der Waals surface area contributed by atoms with Gasteiger partial charge in [-0.2, -0.15) is 5.10 Å². The molecule has 0 aliphatic rings. The fourth-order valence-electron chi connectivity index (χ4n) is 2.90. The molecule has 0 atom stereocenters. The normalized spacial score (nSPS) is 10.9. The molecule has 1 N–H and O–H groups in total. The summed E-state index contributed by atoms with van der Waals surface area (Å²) in [6.45, 7) is 2.09. The third kappa shape index (κ3) is 3.89. The zero-order chi connectivity index (χ0) is 19.3. The highest BCUT2D eigenvalue weighted by Gasteiger charge is 2.13. The first-order chi connectivity index (χ1) is 13.7. The van der Waals surface area contributed by atoms with Crippen LogP contribution in [0.25, 0.3) is 16.7 Å². The number of carbonyl (C=O) groups excluding carboxylic acids is 1. The lowest BCUT2D eigenvalue weighted by Crippen LogP contribution is -2.14. The maximum atomic E-state index is 12.4. The van der Waals surface area contributed by atoms with Gasteiger partial charge in [-0.3, -0.25) is 4.79 Å². The maximum Gasteiger partial charge on any atom is 0.234 e. The predicted molar refractivity (Wildman–Crippen MR) is 112 cm³/mol. The number of para-hydroxylation sites is 1. The molecule has 0 aliphatic carbocycles. The molecule has 0 spiro atoms. The van der Waals surface area contributed by atoms with Crippen molar-refractivity contribution in [3.05, 3.63) is 72.7 Å². The summed E-state index contributed by atoms with van der Waals surface area (Å²) in [7, 11) is 0. The fourth-order valence-corrected chi connectivity index (χ4v) is 3.66. The van der Waals surface area contributed by atoms with Gasteiger partial charge in [0.15, 0.2) is 5.65 Å². The van der Waals surface area contributed by atoms with E-state index >= 15 is 0 Å². The molecule has 2 aromatic heterocycles. The summed E-state index contributed by atoms with van der Waals surface area (Å²) in [5, 5.41) is 8.95. The molecule has 0 bridgehead atoms. The topological polar surface area (TPSA) is 72.7 Å². The summed E-state index contributed by atoms with van der Waals surface area (Å²) in [5.74, 6) is 0.194. The highest BCUT2D eigenvalue weighted by Crippen LogP contribution is 2.26. The molecule has 0 saturated heterocycles. The SMILES string of the molecule is CCc1cccc(NC(=O)CSc2ncnc3c2cnn3-c2ccccc2)c1. The summed E-state index contributed by atoms with van der Waals surface area (Å²) < 4.78 is 1.78. The largest absolute Gasteiger partial charge is 0.325 e. The van der Waals surface area contributed by atoms with Gasteiger partial charge in [0.2, 0.25) is 5.91 Å². The van der Waals surface area contributed by atoms with Gasteiger partial charge in [-0.15, -0.1) is 0 Å². The van der Waals surface area contributed by atoms with Crippen LogP contribution < -0.4 is 5.32 Å². The third-order valence-corrected chi connectivity index (χ3v) is 5.29. The fraction of sp³-hybridized carbons (Fsp3) is 0.143. The number of fused-ring (bicyclic) bond motifs is 1. The molecule has 6 nitrogen and oxygen atoms in total. The first-order valence-corrected chi connectivity index (χ1v) is 9.99. The van der Waals surface area contributed by atoms with Gasteiger partial charge in [0.05, 0.1) is 23.0 Å². The van der Waals surface area contributed by atoms with Crippen molar-refractivity contribution < 1.29 is 4.79 Å². The second kappa shape index (κ2) is 8.22. The molecular weight excluding hydrogens is 370 g/mol. The molecule has 1 amide bonds. The number of thioether (sulfide) groups is 1. The Morgan fingerprint density at radius 2 is 1.96 bits per heavy atom. The minimum absolute atomic E-state index is 0.0690. The van der Waals surface area contributed by atoms with E-state index in [-0.39, 0.29) is 11.7 Å². The van der Waals surface area contributed by atoms with E-state index in [2.05, 4.69) is 27.3 Å². The van der Waals surface area contributed by atoms with Crippen LogP contribution >= 0.6 is 11.8 Å². The van der Waals surface area contributed by atoms with Crippen molar-refractivity contribution in [2.24, 2.45) is 0 Å². The number of nitrogens with zero attached hydrogens (tertiary/aromatic N) is 4. The monoisotopic (exact) mass is 389 g/mol. The smallest absolute Gasteiger partial charge is 0.234 e. The number of aryl methyl sites for hydroxylation is 1. The lowest BCUT2D eigenvalue weighted by atomic mass is 10.1. The summed E-state index contributed by atoms with van der Waals surface area (Å²) in [6, 6.07) is 17.7. The van der Waals surface area contributed by atoms with Gasteiger partial charge in [-0.05, 0) is 36.2 Å². The van der Waals surface area contributed by atoms with Crippen molar-refractivity contribution in [2.45, 2.75) is 18.4 Å². The number of hydrogen-bond donors (Lipinski definition) is 1. The Balaban J connectivity index is 1.49. The average molecular weight is 389 g/mol. The van der Waals surface area contributed by atoms with E-state index in [1.165, 1.54) is 23.7 Å². The molecule has 0 aliphatic heterocycles. The number of nitrogens with one attached hydrogen (secondary N) is 1. The minimum atomic E-state index is -0.0690. The van der Waals surface area contributed by atoms with Crippen molar-refractivity contribution in [1.29, 1.82) is 0 Å². The van der Waals surface area contributed by atoms with E-state index in [1.54, 1.807) is 10.9 Å². The van der Waals surface area contributed by atoms with Crippen LogP contribution in [0, 0.1) is 0 Å². The van der Waals surface area contributed by atoms with Gasteiger partial charge in [-0.25, -0.2) is 14.6 Å². The van der Waals surface area contributed by atoms with Crippen LogP contribution in [0.5, 0.6) is 0 Å². The Kier molecular flexibility index (Phi) is 5.34. The van der Waals surface area contributed by atoms with Crippen molar-refractivity contribution in [3.8, 4) is 5.69 Å². The minimum Gasteiger partial charge on any atom is -0.325 e. The molecule has 4 aromatic rings. The molecule has 0 radical (unpaired) electrons. The zero-order valence-electron chi connectivity index (χ0n) is 15.4. The zero-order valence-corrected chi connectivity index (χ0v) is 16.2. The Morgan fingerprint density at radius 3 is 2.79 bits per heavy atom. The summed E-state index contributed by atoms with van der Waals surface area (Å²) in [5.41, 5.74) is 3.66. The Bertz CT molecular complexity index is 1110. The van der Waals surface area contributed by atoms with Gasteiger partial charge in [0.1, 0.15) is 11.4 Å². The number of amides is 1. The van der Waals surface area contributed by atoms with Gasteiger partial charge in [0.25, 0.3) is 0 Å². The average Bonchev–Trinajstić information content (AvgIpc) is 3.18. The van der Waals surface area contributed by atoms with Gasteiger partial charge in [-0.1, -0.05) is 49.0 Å². The molecular formula is C21H19N5OS. The van der Waals surface area contributed by atoms with E-state index in [0.717, 1.165) is 33.9 Å². The summed E-state index contributed by atoms with van der Waals surface area (Å²) >= 11 is 1.38. The van der Waals surface area contributed by atoms with Crippen LogP contribution in [0.3, 0.4) is 0 Å². The third-order valence-electron chi connectivity index (χ3n) is 4.29. The number of benzene rings is 2. The molecule has 0 unspecified atom stereocenters. The standard InChI is InChI=1S/C21H19N5OS/c1-2-15-7-6-8-16(11-15)25-19(27)13-28-21-18-12-24-26(20(18)22-14-23-21)17-9-4-3-5-10-17/h3-12,14H,2,13H2,1H3,(H,25,27). The van der Waals surface area contributed by atoms with Crippen LogP contribution in [0.2, 0.25) is 0 Å². The maximum absolute atomic E-state index is 12.4. The highest BCUT2D eigenvalue weighted by atomic mass is 32.2. The quantitative estimate of drug-likeness (QED) is 0.397. The molecule has 2 aromatic carbocycles. The number of rotatable bonds is 6. The van der Waals surface area contributed by atoms with Crippen LogP contribution in [-0.4, -0.2) is 31.4 Å². The molecule has 28 heavy (non-hydrogen) atoms. The first-order valence-electron chi connectivity index (χ1n) is 9.00. The Morgan fingerprint density at radius 1 is 1.11 bits per heavy atom. The van der Waals surface area contributed by atoms with E-state index in [1.807, 2.05) is 54.6 Å². The molecule has 4 rings (SSSR count). The lowest BCUT2D eigenvalue weighted by Gasteiger charge is -2.07. The Labute approximate surface area is 167 Å². The van der Waals surface area contributed by atoms with E-state index in [0.29, 0.717) is 0 Å². The second-order valence-corrected chi connectivity index (χ2v) is 7.16. The van der Waals surface area contributed by atoms with Gasteiger partial charge in [0, 0.05) is 5.69 Å². The van der Waals surface area contributed by atoms with Crippen molar-refractivity contribution in [2.75, 3.05) is 11.1 Å². The second-order valence-electron chi connectivity index (χ2n) is 6.20. The lowest BCUT2D eigenvalue weighted by molar-refractivity contribution is -0.113. The summed E-state index contributed by atoms with van der Waals surface area (Å²) in [4.78, 5) is 21.1. The van der Waals surface area contributed by atoms with Crippen LogP contribution in [0.4, 0.5) is 5.69 Å². The van der Waals surface area contributed by atoms with E-state index in [4.69, 9.17) is 0 Å². The van der Waals surface area contributed by atoms with Crippen molar-refractivity contribution in [3.63, 3.8) is 0 Å². The number of carbonyl (C=O) groups is 1. The van der Waals surface area contributed by atoms with Gasteiger partial charge >= 0.3 is 0 Å². The van der Waals surface area contributed by atoms with Gasteiger partial charge < -0.3 is 5.32 Å². The molecule has 7 heteroatoms. The van der Waals surface area contributed by atoms with E-state index in [9.17, 15) is 4.79 Å². The van der Waals surface area contributed by atoms with Crippen molar-refractivity contribution >= 4 is 34.4 Å². The molecule has 2 heterocycles. The molecule has 140 valence electrons.